The first-order chi connectivity index (χ1) is 14.5. The minimum absolute atomic E-state index is 0.145. The number of halogens is 1. The van der Waals surface area contributed by atoms with E-state index in [4.69, 9.17) is 0 Å². The standard InChI is InChI=1S/C21H26BrN5O4/c1-21(2,3)15-11-26(20(30)31)9-10-27(15)18(28)13-5-7-14(8-6-13)23-17-19(29)25(4)12-16(22)24-17/h5-8,12,15H,9-11H2,1-4H3,(H,23,24)(H,30,31). The van der Waals surface area contributed by atoms with Crippen molar-refractivity contribution in [3.05, 3.63) is 51.0 Å². The molecular formula is C21H26BrN5O4. The zero-order chi connectivity index (χ0) is 22.9. The maximum absolute atomic E-state index is 13.2. The van der Waals surface area contributed by atoms with Crippen LogP contribution in [0.5, 0.6) is 0 Å². The van der Waals surface area contributed by atoms with Crippen molar-refractivity contribution < 1.29 is 14.7 Å². The average Bonchev–Trinajstić information content (AvgIpc) is 2.70. The van der Waals surface area contributed by atoms with Gasteiger partial charge in [-0.3, -0.25) is 9.59 Å². The molecule has 1 saturated heterocycles. The summed E-state index contributed by atoms with van der Waals surface area (Å²) in [7, 11) is 1.64. The van der Waals surface area contributed by atoms with Crippen LogP contribution >= 0.6 is 15.9 Å². The molecule has 2 N–H and O–H groups in total. The summed E-state index contributed by atoms with van der Waals surface area (Å²) in [4.78, 5) is 44.1. The normalized spacial score (nSPS) is 16.9. The lowest BCUT2D eigenvalue weighted by Crippen LogP contribution is -2.60. The Morgan fingerprint density at radius 3 is 2.42 bits per heavy atom. The highest BCUT2D eigenvalue weighted by Gasteiger charge is 2.39. The van der Waals surface area contributed by atoms with Gasteiger partial charge in [-0.05, 0) is 45.6 Å². The third kappa shape index (κ3) is 5.07. The SMILES string of the molecule is Cn1cc(Br)nc(Nc2ccc(C(=O)N3CCN(C(=O)O)CC3C(C)(C)C)cc2)c1=O. The van der Waals surface area contributed by atoms with E-state index in [1.54, 1.807) is 42.4 Å². The Bertz CT molecular complexity index is 1050. The van der Waals surface area contributed by atoms with Crippen LogP contribution in [0.15, 0.2) is 39.9 Å². The summed E-state index contributed by atoms with van der Waals surface area (Å²) in [5.74, 6) is 0.0292. The van der Waals surface area contributed by atoms with Crippen LogP contribution < -0.4 is 10.9 Å². The van der Waals surface area contributed by atoms with Crippen LogP contribution in [0, 0.1) is 5.41 Å². The van der Waals surface area contributed by atoms with Crippen molar-refractivity contribution in [2.24, 2.45) is 12.5 Å². The van der Waals surface area contributed by atoms with E-state index in [9.17, 15) is 19.5 Å². The third-order valence-electron chi connectivity index (χ3n) is 5.35. The molecule has 10 heteroatoms. The summed E-state index contributed by atoms with van der Waals surface area (Å²) in [5, 5.41) is 12.3. The number of aryl methyl sites for hydroxylation is 1. The number of piperazine rings is 1. The predicted molar refractivity (Wildman–Crippen MR) is 121 cm³/mol. The van der Waals surface area contributed by atoms with Crippen LogP contribution in [-0.4, -0.2) is 62.1 Å². The first-order valence-corrected chi connectivity index (χ1v) is 10.7. The van der Waals surface area contributed by atoms with Gasteiger partial charge in [-0.1, -0.05) is 20.8 Å². The van der Waals surface area contributed by atoms with Gasteiger partial charge in [0.1, 0.15) is 4.60 Å². The number of carboxylic acid groups (broad SMARTS) is 1. The maximum Gasteiger partial charge on any atom is 0.407 e. The Balaban J connectivity index is 1.79. The number of nitrogens with zero attached hydrogens (tertiary/aromatic N) is 4. The molecular weight excluding hydrogens is 466 g/mol. The van der Waals surface area contributed by atoms with E-state index >= 15 is 0 Å². The number of aromatic nitrogens is 2. The van der Waals surface area contributed by atoms with Crippen molar-refractivity contribution in [1.82, 2.24) is 19.4 Å². The predicted octanol–water partition coefficient (Wildman–Crippen LogP) is 3.14. The molecule has 1 aliphatic heterocycles. The van der Waals surface area contributed by atoms with Crippen LogP contribution in [0.2, 0.25) is 0 Å². The number of rotatable bonds is 3. The van der Waals surface area contributed by atoms with Gasteiger partial charge in [0.2, 0.25) is 0 Å². The highest BCUT2D eigenvalue weighted by molar-refractivity contribution is 9.10. The van der Waals surface area contributed by atoms with Gasteiger partial charge in [0.15, 0.2) is 5.82 Å². The highest BCUT2D eigenvalue weighted by atomic mass is 79.9. The molecule has 1 fully saturated rings. The fraction of sp³-hybridized carbons (Fsp3) is 0.429. The van der Waals surface area contributed by atoms with Crippen molar-refractivity contribution in [3.63, 3.8) is 0 Å². The van der Waals surface area contributed by atoms with Gasteiger partial charge in [-0.25, -0.2) is 9.78 Å². The van der Waals surface area contributed by atoms with Gasteiger partial charge in [-0.2, -0.15) is 0 Å². The number of anilines is 2. The molecule has 0 bridgehead atoms. The lowest BCUT2D eigenvalue weighted by Gasteiger charge is -2.46. The van der Waals surface area contributed by atoms with Gasteiger partial charge < -0.3 is 24.8 Å². The topological polar surface area (TPSA) is 108 Å². The quantitative estimate of drug-likeness (QED) is 0.682. The summed E-state index contributed by atoms with van der Waals surface area (Å²) < 4.78 is 1.94. The number of hydrogen-bond acceptors (Lipinski definition) is 5. The molecule has 0 radical (unpaired) electrons. The van der Waals surface area contributed by atoms with E-state index in [0.29, 0.717) is 22.4 Å². The smallest absolute Gasteiger partial charge is 0.407 e. The lowest BCUT2D eigenvalue weighted by atomic mass is 9.84. The van der Waals surface area contributed by atoms with E-state index < -0.39 is 6.09 Å². The monoisotopic (exact) mass is 491 g/mol. The van der Waals surface area contributed by atoms with Crippen LogP contribution in [0.25, 0.3) is 0 Å². The largest absolute Gasteiger partial charge is 0.465 e. The molecule has 0 saturated carbocycles. The first-order valence-electron chi connectivity index (χ1n) is 9.86. The molecule has 31 heavy (non-hydrogen) atoms. The van der Waals surface area contributed by atoms with E-state index in [0.717, 1.165) is 0 Å². The Morgan fingerprint density at radius 2 is 1.84 bits per heavy atom. The maximum atomic E-state index is 13.2. The second-order valence-corrected chi connectivity index (χ2v) is 9.45. The fourth-order valence-corrected chi connectivity index (χ4v) is 4.07. The minimum Gasteiger partial charge on any atom is -0.465 e. The van der Waals surface area contributed by atoms with Gasteiger partial charge in [0.05, 0.1) is 6.04 Å². The summed E-state index contributed by atoms with van der Waals surface area (Å²) >= 11 is 3.27. The number of carbonyl (C=O) groups excluding carboxylic acids is 1. The number of carbonyl (C=O) groups is 2. The van der Waals surface area contributed by atoms with Crippen molar-refractivity contribution >= 4 is 39.4 Å². The van der Waals surface area contributed by atoms with E-state index in [1.165, 1.54) is 9.47 Å². The second kappa shape index (κ2) is 8.70. The number of amides is 2. The molecule has 2 aromatic rings. The summed E-state index contributed by atoms with van der Waals surface area (Å²) in [6.45, 7) is 6.91. The molecule has 2 amide bonds. The molecule has 1 aromatic carbocycles. The Morgan fingerprint density at radius 1 is 1.19 bits per heavy atom. The van der Waals surface area contributed by atoms with Crippen LogP contribution in [0.4, 0.5) is 16.3 Å². The van der Waals surface area contributed by atoms with Crippen molar-refractivity contribution in [2.75, 3.05) is 25.0 Å². The molecule has 0 spiro atoms. The van der Waals surface area contributed by atoms with Gasteiger partial charge >= 0.3 is 6.09 Å². The van der Waals surface area contributed by atoms with Crippen molar-refractivity contribution in [2.45, 2.75) is 26.8 Å². The molecule has 1 atom stereocenters. The van der Waals surface area contributed by atoms with E-state index in [2.05, 4.69) is 26.2 Å². The van der Waals surface area contributed by atoms with Crippen LogP contribution in [-0.2, 0) is 7.05 Å². The third-order valence-corrected chi connectivity index (χ3v) is 5.73. The fourth-order valence-electron chi connectivity index (χ4n) is 3.59. The second-order valence-electron chi connectivity index (χ2n) is 8.64. The molecule has 9 nitrogen and oxygen atoms in total. The van der Waals surface area contributed by atoms with Gasteiger partial charge in [-0.15, -0.1) is 0 Å². The molecule has 0 aliphatic carbocycles. The number of benzene rings is 1. The van der Waals surface area contributed by atoms with Gasteiger partial charge in [0.25, 0.3) is 11.5 Å². The first kappa shape index (κ1) is 22.8. The molecule has 166 valence electrons. The lowest BCUT2D eigenvalue weighted by molar-refractivity contribution is 0.0176. The molecule has 1 unspecified atom stereocenters. The van der Waals surface area contributed by atoms with Gasteiger partial charge in [0, 0.05) is 44.1 Å². The zero-order valence-corrected chi connectivity index (χ0v) is 19.5. The Kier molecular flexibility index (Phi) is 6.40. The molecule has 3 rings (SSSR count). The average molecular weight is 492 g/mol. The van der Waals surface area contributed by atoms with Crippen molar-refractivity contribution in [1.29, 1.82) is 0 Å². The highest BCUT2D eigenvalue weighted by Crippen LogP contribution is 2.29. The van der Waals surface area contributed by atoms with E-state index in [1.807, 2.05) is 20.8 Å². The summed E-state index contributed by atoms with van der Waals surface area (Å²) in [5.41, 5.74) is 0.575. The molecule has 1 aromatic heterocycles. The number of hydrogen-bond donors (Lipinski definition) is 2. The minimum atomic E-state index is -0.968. The zero-order valence-electron chi connectivity index (χ0n) is 17.9. The van der Waals surface area contributed by atoms with E-state index in [-0.39, 0.29) is 41.8 Å². The molecule has 2 heterocycles. The Labute approximate surface area is 188 Å². The van der Waals surface area contributed by atoms with Crippen molar-refractivity contribution in [3.8, 4) is 0 Å². The summed E-state index contributed by atoms with van der Waals surface area (Å²) in [6, 6.07) is 6.58. The van der Waals surface area contributed by atoms with Crippen LogP contribution in [0.3, 0.4) is 0 Å². The van der Waals surface area contributed by atoms with Crippen LogP contribution in [0.1, 0.15) is 31.1 Å². The summed E-state index contributed by atoms with van der Waals surface area (Å²) in [6.07, 6.45) is 0.606. The molecule has 1 aliphatic rings. The Hall–Kier alpha value is -2.88. The number of nitrogens with one attached hydrogen (secondary N) is 1.